The van der Waals surface area contributed by atoms with Crippen LogP contribution in [-0.4, -0.2) is 61.5 Å². The minimum absolute atomic E-state index is 0.177. The van der Waals surface area contributed by atoms with Crippen LogP contribution in [0.1, 0.15) is 83.3 Å². The lowest BCUT2D eigenvalue weighted by atomic mass is 9.98. The number of benzene rings is 2. The van der Waals surface area contributed by atoms with Crippen molar-refractivity contribution in [1.29, 1.82) is 0 Å². The third-order valence-corrected chi connectivity index (χ3v) is 8.77. The Morgan fingerprint density at radius 2 is 1.82 bits per heavy atom. The quantitative estimate of drug-likeness (QED) is 0.147. The molecule has 1 fully saturated rings. The van der Waals surface area contributed by atoms with Crippen LogP contribution in [0.5, 0.6) is 11.5 Å². The van der Waals surface area contributed by atoms with Crippen LogP contribution in [-0.2, 0) is 30.3 Å². The van der Waals surface area contributed by atoms with E-state index in [1.807, 2.05) is 104 Å². The van der Waals surface area contributed by atoms with Crippen LogP contribution >= 0.6 is 25.3 Å². The molecule has 0 saturated carbocycles. The second kappa shape index (κ2) is 16.8. The van der Waals surface area contributed by atoms with Gasteiger partial charge in [0.1, 0.15) is 45.7 Å². The van der Waals surface area contributed by atoms with E-state index in [9.17, 15) is 9.59 Å². The first kappa shape index (κ1) is 38.8. The SMILES string of the molecule is CCN(C(=O)OC(C)(C)C)c1cc2c(c(OSBr)c1)C(=O)O[C@@H](C)[C@H](C)/C=C\[C@@H](OCc1ccc(OC)cc1)[C@H]1OC(C)(C)O[C@H]1CC=C2. The Balaban J connectivity index is 1.75. The van der Waals surface area contributed by atoms with Crippen molar-refractivity contribution >= 4 is 49.1 Å². The van der Waals surface area contributed by atoms with Crippen LogP contribution in [0, 0.1) is 5.92 Å². The lowest BCUT2D eigenvalue weighted by Crippen LogP contribution is -2.37. The van der Waals surface area contributed by atoms with Crippen molar-refractivity contribution in [2.45, 2.75) is 104 Å². The maximum Gasteiger partial charge on any atom is 0.414 e. The summed E-state index contributed by atoms with van der Waals surface area (Å²) in [6.07, 6.45) is 5.88. The molecule has 5 atom stereocenters. The van der Waals surface area contributed by atoms with Gasteiger partial charge in [0.15, 0.2) is 11.5 Å². The van der Waals surface area contributed by atoms with Crippen LogP contribution < -0.4 is 13.8 Å². The minimum atomic E-state index is -0.848. The maximum absolute atomic E-state index is 13.9. The molecule has 1 saturated heterocycles. The summed E-state index contributed by atoms with van der Waals surface area (Å²) in [5.41, 5.74) is 1.53. The average Bonchev–Trinajstić information content (AvgIpc) is 3.33. The fourth-order valence-electron chi connectivity index (χ4n) is 5.56. The predicted molar refractivity (Wildman–Crippen MR) is 195 cm³/mol. The molecule has 0 spiro atoms. The molecule has 268 valence electrons. The van der Waals surface area contributed by atoms with Gasteiger partial charge in [-0.1, -0.05) is 43.4 Å². The molecule has 12 heteroatoms. The number of hydrogen-bond donors (Lipinski definition) is 0. The van der Waals surface area contributed by atoms with E-state index in [4.69, 9.17) is 32.6 Å². The van der Waals surface area contributed by atoms with E-state index in [1.54, 1.807) is 19.2 Å². The van der Waals surface area contributed by atoms with Crippen LogP contribution in [0.15, 0.2) is 54.6 Å². The average molecular weight is 763 g/mol. The number of rotatable bonds is 8. The Morgan fingerprint density at radius 3 is 2.45 bits per heavy atom. The molecule has 0 unspecified atom stereocenters. The van der Waals surface area contributed by atoms with Crippen LogP contribution in [0.4, 0.5) is 10.5 Å². The highest BCUT2D eigenvalue weighted by atomic mass is 79.9. The first-order valence-corrected chi connectivity index (χ1v) is 19.0. The Labute approximate surface area is 301 Å². The number of hydrogen-bond acceptors (Lipinski definition) is 10. The van der Waals surface area contributed by atoms with E-state index in [-0.39, 0.29) is 23.3 Å². The molecule has 2 aromatic rings. The highest BCUT2D eigenvalue weighted by Gasteiger charge is 2.44. The molecule has 2 aliphatic heterocycles. The highest BCUT2D eigenvalue weighted by Crippen LogP contribution is 2.37. The summed E-state index contributed by atoms with van der Waals surface area (Å²) in [5.74, 6) is -0.576. The van der Waals surface area contributed by atoms with Gasteiger partial charge in [0, 0.05) is 33.3 Å². The van der Waals surface area contributed by atoms with Crippen LogP contribution in [0.25, 0.3) is 6.08 Å². The predicted octanol–water partition coefficient (Wildman–Crippen LogP) is 9.05. The topological polar surface area (TPSA) is 102 Å². The van der Waals surface area contributed by atoms with Crippen molar-refractivity contribution in [1.82, 2.24) is 0 Å². The van der Waals surface area contributed by atoms with Crippen LogP contribution in [0.3, 0.4) is 0 Å². The van der Waals surface area contributed by atoms with Crippen molar-refractivity contribution in [3.05, 3.63) is 71.3 Å². The Bertz CT molecular complexity index is 1500. The molecule has 0 aliphatic carbocycles. The van der Waals surface area contributed by atoms with Crippen molar-refractivity contribution in [2.24, 2.45) is 5.92 Å². The summed E-state index contributed by atoms with van der Waals surface area (Å²) in [6, 6.07) is 11.1. The van der Waals surface area contributed by atoms with E-state index < -0.39 is 41.8 Å². The highest BCUT2D eigenvalue weighted by molar-refractivity contribution is 9.49. The number of anilines is 1. The summed E-state index contributed by atoms with van der Waals surface area (Å²) >= 11 is 3.25. The summed E-state index contributed by atoms with van der Waals surface area (Å²) in [6.45, 7) is 15.6. The number of esters is 1. The number of nitrogens with zero attached hydrogens (tertiary/aromatic N) is 1. The molecular weight excluding hydrogens is 714 g/mol. The zero-order chi connectivity index (χ0) is 35.9. The van der Waals surface area contributed by atoms with Crippen molar-refractivity contribution in [3.8, 4) is 11.5 Å². The first-order valence-electron chi connectivity index (χ1n) is 16.4. The number of fused-ring (bicyclic) bond motifs is 2. The molecule has 0 N–H and O–H groups in total. The monoisotopic (exact) mass is 761 g/mol. The maximum atomic E-state index is 13.9. The third kappa shape index (κ3) is 10.5. The van der Waals surface area contributed by atoms with E-state index >= 15 is 0 Å². The number of cyclic esters (lactones) is 1. The molecule has 0 radical (unpaired) electrons. The van der Waals surface area contributed by atoms with E-state index in [0.29, 0.717) is 30.8 Å². The molecular formula is C37H48BrNO9S. The molecule has 0 bridgehead atoms. The number of carbonyl (C=O) groups excluding carboxylic acids is 2. The number of amides is 1. The smallest absolute Gasteiger partial charge is 0.414 e. The van der Waals surface area contributed by atoms with Gasteiger partial charge in [-0.2, -0.15) is 0 Å². The summed E-state index contributed by atoms with van der Waals surface area (Å²) in [5, 5.41) is 0. The number of halogens is 1. The van der Waals surface area contributed by atoms with Gasteiger partial charge in [0.05, 0.1) is 25.5 Å². The standard InChI is InChI=1S/C37H48BrNO9S/c1-10-39(35(41)47-36(4,5)6)27-20-26-12-11-13-30-33(46-37(7,8)45-30)29(43-22-25-15-17-28(42-9)18-16-25)19-14-23(2)24(3)44-34(40)32(26)31(21-27)48-49-38/h11-12,14-21,23-24,29-30,33H,10,13,22H2,1-9H3/b12-11?,19-14-/t23-,24+,29-,30+,33-/m1/s1. The van der Waals surface area contributed by atoms with Gasteiger partial charge in [-0.3, -0.25) is 4.90 Å². The van der Waals surface area contributed by atoms with Crippen LogP contribution in [0.2, 0.25) is 0 Å². The van der Waals surface area contributed by atoms with E-state index in [0.717, 1.165) is 21.8 Å². The Hall–Kier alpha value is -3.03. The van der Waals surface area contributed by atoms with E-state index in [1.165, 1.54) is 4.90 Å². The Kier molecular flexibility index (Phi) is 13.3. The largest absolute Gasteiger partial charge is 0.497 e. The third-order valence-electron chi connectivity index (χ3n) is 8.13. The lowest BCUT2D eigenvalue weighted by Gasteiger charge is -2.28. The zero-order valence-electron chi connectivity index (χ0n) is 29.7. The van der Waals surface area contributed by atoms with Gasteiger partial charge in [0.25, 0.3) is 0 Å². The lowest BCUT2D eigenvalue weighted by molar-refractivity contribution is -0.156. The van der Waals surface area contributed by atoms with Gasteiger partial charge in [-0.15, -0.1) is 0 Å². The second-order valence-electron chi connectivity index (χ2n) is 13.5. The summed E-state index contributed by atoms with van der Waals surface area (Å²) < 4.78 is 42.2. The minimum Gasteiger partial charge on any atom is -0.497 e. The molecule has 49 heavy (non-hydrogen) atoms. The van der Waals surface area contributed by atoms with Gasteiger partial charge in [0.2, 0.25) is 0 Å². The zero-order valence-corrected chi connectivity index (χ0v) is 32.1. The number of carbonyl (C=O) groups is 2. The fourth-order valence-corrected chi connectivity index (χ4v) is 6.19. The Morgan fingerprint density at radius 1 is 1.10 bits per heavy atom. The van der Waals surface area contributed by atoms with Crippen molar-refractivity contribution in [2.75, 3.05) is 18.6 Å². The van der Waals surface area contributed by atoms with Gasteiger partial charge < -0.3 is 32.6 Å². The number of methoxy groups -OCH3 is 1. The van der Waals surface area contributed by atoms with Crippen molar-refractivity contribution < 1.29 is 42.2 Å². The normalized spacial score (nSPS) is 24.5. The fraction of sp³-hybridized carbons (Fsp3) is 0.514. The van der Waals surface area contributed by atoms with Gasteiger partial charge in [-0.05, 0) is 84.2 Å². The molecule has 2 aliphatic rings. The van der Waals surface area contributed by atoms with E-state index in [2.05, 4.69) is 14.8 Å². The van der Waals surface area contributed by atoms with Crippen molar-refractivity contribution in [3.63, 3.8) is 0 Å². The molecule has 2 aromatic carbocycles. The molecule has 4 rings (SSSR count). The summed E-state index contributed by atoms with van der Waals surface area (Å²) in [7, 11) is 2.54. The van der Waals surface area contributed by atoms with Gasteiger partial charge in [-0.25, -0.2) is 9.59 Å². The molecule has 10 nitrogen and oxygen atoms in total. The van der Waals surface area contributed by atoms with Gasteiger partial charge >= 0.3 is 12.1 Å². The first-order chi connectivity index (χ1) is 23.1. The molecule has 0 aromatic heterocycles. The summed E-state index contributed by atoms with van der Waals surface area (Å²) in [4.78, 5) is 28.6. The molecule has 2 heterocycles. The molecule has 1 amide bonds. The number of ether oxygens (including phenoxy) is 6. The second-order valence-corrected chi connectivity index (χ2v) is 14.6.